The summed E-state index contributed by atoms with van der Waals surface area (Å²) >= 11 is 0. The Kier molecular flexibility index (Phi) is 3.79. The van der Waals surface area contributed by atoms with Crippen molar-refractivity contribution in [2.24, 2.45) is 0 Å². The molecule has 5 heteroatoms. The maximum absolute atomic E-state index is 12.3. The molecule has 0 unspecified atom stereocenters. The van der Waals surface area contributed by atoms with Crippen LogP contribution in [0.5, 0.6) is 5.75 Å². The van der Waals surface area contributed by atoms with Crippen LogP contribution in [0.3, 0.4) is 0 Å². The minimum atomic E-state index is -4.39. The van der Waals surface area contributed by atoms with Crippen LogP contribution in [-0.4, -0.2) is 6.61 Å². The molecule has 0 aromatic heterocycles. The van der Waals surface area contributed by atoms with E-state index in [1.807, 2.05) is 0 Å². The van der Waals surface area contributed by atoms with Gasteiger partial charge < -0.3 is 4.74 Å². The third-order valence-corrected chi connectivity index (χ3v) is 1.62. The number of ether oxygens (including phenoxy) is 1. The molecule has 0 heterocycles. The SMILES string of the molecule is N#CC#CCOc1cccc(C(F)(F)F)c1. The summed E-state index contributed by atoms with van der Waals surface area (Å²) in [5.41, 5.74) is -0.779. The average Bonchev–Trinajstić information content (AvgIpc) is 2.24. The Hall–Kier alpha value is -2.14. The fourth-order valence-corrected chi connectivity index (χ4v) is 0.957. The molecule has 0 amide bonds. The first-order valence-electron chi connectivity index (χ1n) is 4.21. The lowest BCUT2D eigenvalue weighted by atomic mass is 10.2. The van der Waals surface area contributed by atoms with Gasteiger partial charge in [-0.15, -0.1) is 0 Å². The number of halogens is 3. The second kappa shape index (κ2) is 5.09. The van der Waals surface area contributed by atoms with Crippen molar-refractivity contribution < 1.29 is 17.9 Å². The highest BCUT2D eigenvalue weighted by Crippen LogP contribution is 2.31. The summed E-state index contributed by atoms with van der Waals surface area (Å²) in [6.45, 7) is -0.116. The zero-order chi connectivity index (χ0) is 12.0. The van der Waals surface area contributed by atoms with Gasteiger partial charge in [-0.1, -0.05) is 6.07 Å². The van der Waals surface area contributed by atoms with E-state index in [-0.39, 0.29) is 12.4 Å². The van der Waals surface area contributed by atoms with E-state index in [0.717, 1.165) is 12.1 Å². The predicted molar refractivity (Wildman–Crippen MR) is 50.3 cm³/mol. The zero-order valence-electron chi connectivity index (χ0n) is 8.01. The molecule has 0 N–H and O–H groups in total. The summed E-state index contributed by atoms with van der Waals surface area (Å²) in [4.78, 5) is 0. The molecule has 0 aliphatic heterocycles. The van der Waals surface area contributed by atoms with Crippen molar-refractivity contribution >= 4 is 0 Å². The van der Waals surface area contributed by atoms with Crippen LogP contribution in [0.15, 0.2) is 24.3 Å². The van der Waals surface area contributed by atoms with E-state index in [1.54, 1.807) is 6.07 Å². The molecule has 1 rings (SSSR count). The fraction of sp³-hybridized carbons (Fsp3) is 0.182. The van der Waals surface area contributed by atoms with Gasteiger partial charge in [0, 0.05) is 5.92 Å². The van der Waals surface area contributed by atoms with Gasteiger partial charge in [-0.25, -0.2) is 0 Å². The summed E-state index contributed by atoms with van der Waals surface area (Å²) in [7, 11) is 0. The van der Waals surface area contributed by atoms with Crippen LogP contribution in [0.25, 0.3) is 0 Å². The number of hydrogen-bond acceptors (Lipinski definition) is 2. The van der Waals surface area contributed by atoms with E-state index >= 15 is 0 Å². The van der Waals surface area contributed by atoms with Gasteiger partial charge in [0.1, 0.15) is 12.4 Å². The van der Waals surface area contributed by atoms with Gasteiger partial charge in [0.15, 0.2) is 6.07 Å². The first-order chi connectivity index (χ1) is 7.54. The van der Waals surface area contributed by atoms with Gasteiger partial charge in [-0.05, 0) is 24.1 Å². The monoisotopic (exact) mass is 225 g/mol. The predicted octanol–water partition coefficient (Wildman–Crippen LogP) is 2.61. The van der Waals surface area contributed by atoms with Crippen molar-refractivity contribution in [3.05, 3.63) is 29.8 Å². The molecule has 0 spiro atoms. The molecular weight excluding hydrogens is 219 g/mol. The van der Waals surface area contributed by atoms with Crippen LogP contribution in [0, 0.1) is 23.2 Å². The third-order valence-electron chi connectivity index (χ3n) is 1.62. The minimum absolute atomic E-state index is 0.0714. The molecule has 0 aliphatic carbocycles. The standard InChI is InChI=1S/C11H6F3NO/c12-11(13,14)9-4-3-5-10(8-9)16-7-2-1-6-15/h3-5,8H,7H2. The molecule has 1 aromatic carbocycles. The number of hydrogen-bond donors (Lipinski definition) is 0. The molecule has 2 nitrogen and oxygen atoms in total. The van der Waals surface area contributed by atoms with Crippen LogP contribution in [0.2, 0.25) is 0 Å². The van der Waals surface area contributed by atoms with Crippen LogP contribution < -0.4 is 4.74 Å². The number of nitrogens with zero attached hydrogens (tertiary/aromatic N) is 1. The van der Waals surface area contributed by atoms with Crippen molar-refractivity contribution in [1.82, 2.24) is 0 Å². The van der Waals surface area contributed by atoms with E-state index in [2.05, 4.69) is 11.8 Å². The van der Waals surface area contributed by atoms with Crippen molar-refractivity contribution in [1.29, 1.82) is 5.26 Å². The van der Waals surface area contributed by atoms with Gasteiger partial charge in [0.25, 0.3) is 0 Å². The average molecular weight is 225 g/mol. The van der Waals surface area contributed by atoms with Gasteiger partial charge in [-0.2, -0.15) is 18.4 Å². The van der Waals surface area contributed by atoms with Gasteiger partial charge in [0.2, 0.25) is 0 Å². The highest BCUT2D eigenvalue weighted by Gasteiger charge is 2.30. The lowest BCUT2D eigenvalue weighted by Crippen LogP contribution is -2.05. The highest BCUT2D eigenvalue weighted by atomic mass is 19.4. The van der Waals surface area contributed by atoms with Gasteiger partial charge in [-0.3, -0.25) is 0 Å². The Morgan fingerprint density at radius 1 is 1.31 bits per heavy atom. The molecule has 0 fully saturated rings. The van der Waals surface area contributed by atoms with Crippen molar-refractivity contribution in [2.45, 2.75) is 6.18 Å². The van der Waals surface area contributed by atoms with Crippen molar-refractivity contribution in [3.8, 4) is 23.7 Å². The van der Waals surface area contributed by atoms with E-state index in [9.17, 15) is 13.2 Å². The lowest BCUT2D eigenvalue weighted by Gasteiger charge is -2.08. The largest absolute Gasteiger partial charge is 0.481 e. The first-order valence-corrected chi connectivity index (χ1v) is 4.21. The molecule has 82 valence electrons. The van der Waals surface area contributed by atoms with Crippen molar-refractivity contribution in [3.63, 3.8) is 0 Å². The van der Waals surface area contributed by atoms with Crippen LogP contribution in [-0.2, 0) is 6.18 Å². The van der Waals surface area contributed by atoms with Crippen molar-refractivity contribution in [2.75, 3.05) is 6.61 Å². The fourth-order valence-electron chi connectivity index (χ4n) is 0.957. The quantitative estimate of drug-likeness (QED) is 0.725. The molecule has 1 aromatic rings. The Morgan fingerprint density at radius 3 is 2.69 bits per heavy atom. The summed E-state index contributed by atoms with van der Waals surface area (Å²) < 4.78 is 41.8. The number of benzene rings is 1. The van der Waals surface area contributed by atoms with Crippen LogP contribution in [0.1, 0.15) is 5.56 Å². The Labute approximate surface area is 90.3 Å². The summed E-state index contributed by atoms with van der Waals surface area (Å²) in [6, 6.07) is 6.04. The van der Waals surface area contributed by atoms with Crippen LogP contribution in [0.4, 0.5) is 13.2 Å². The minimum Gasteiger partial charge on any atom is -0.481 e. The topological polar surface area (TPSA) is 33.0 Å². The molecule has 0 atom stereocenters. The molecule has 0 bridgehead atoms. The Bertz CT molecular complexity index is 463. The smallest absolute Gasteiger partial charge is 0.416 e. The van der Waals surface area contributed by atoms with E-state index in [1.165, 1.54) is 12.1 Å². The Balaban J connectivity index is 2.73. The zero-order valence-corrected chi connectivity index (χ0v) is 8.01. The third kappa shape index (κ3) is 3.55. The van der Waals surface area contributed by atoms with Gasteiger partial charge in [0.05, 0.1) is 5.56 Å². The van der Waals surface area contributed by atoms with Gasteiger partial charge >= 0.3 is 6.18 Å². The summed E-state index contributed by atoms with van der Waals surface area (Å²) in [6.07, 6.45) is -4.39. The van der Waals surface area contributed by atoms with Crippen LogP contribution >= 0.6 is 0 Å². The van der Waals surface area contributed by atoms with E-state index < -0.39 is 11.7 Å². The second-order valence-corrected chi connectivity index (χ2v) is 2.73. The Morgan fingerprint density at radius 2 is 2.06 bits per heavy atom. The summed E-state index contributed by atoms with van der Waals surface area (Å²) in [5, 5.41) is 8.09. The maximum Gasteiger partial charge on any atom is 0.416 e. The highest BCUT2D eigenvalue weighted by molar-refractivity contribution is 5.30. The molecule has 16 heavy (non-hydrogen) atoms. The number of nitriles is 1. The lowest BCUT2D eigenvalue weighted by molar-refractivity contribution is -0.137. The summed E-state index contributed by atoms with van der Waals surface area (Å²) in [5.74, 6) is 4.47. The molecule has 0 saturated carbocycles. The van der Waals surface area contributed by atoms with E-state index in [4.69, 9.17) is 10.00 Å². The maximum atomic E-state index is 12.3. The second-order valence-electron chi connectivity index (χ2n) is 2.73. The molecule has 0 saturated heterocycles. The number of rotatable bonds is 2. The first kappa shape index (κ1) is 11.9. The molecule has 0 aliphatic rings. The van der Waals surface area contributed by atoms with E-state index in [0.29, 0.717) is 0 Å². The number of alkyl halides is 3. The normalized spacial score (nSPS) is 9.88. The molecule has 0 radical (unpaired) electrons. The molecular formula is C11H6F3NO.